The molecule has 0 radical (unpaired) electrons. The molecule has 1 atom stereocenters. The van der Waals surface area contributed by atoms with Crippen molar-refractivity contribution in [2.45, 2.75) is 57.7 Å². The Morgan fingerprint density at radius 2 is 2.06 bits per heavy atom. The van der Waals surface area contributed by atoms with Gasteiger partial charge in [-0.2, -0.15) is 0 Å². The van der Waals surface area contributed by atoms with Crippen LogP contribution in [0.1, 0.15) is 49.2 Å². The summed E-state index contributed by atoms with van der Waals surface area (Å²) in [6, 6.07) is 2.08. The maximum absolute atomic E-state index is 4.34. The van der Waals surface area contributed by atoms with Crippen molar-refractivity contribution < 1.29 is 0 Å². The molecule has 1 aromatic heterocycles. The fraction of sp³-hybridized carbons (Fsp3) is 0.786. The van der Waals surface area contributed by atoms with Crippen LogP contribution in [-0.2, 0) is 0 Å². The number of nitrogens with one attached hydrogen (secondary N) is 1. The first-order chi connectivity index (χ1) is 8.74. The lowest BCUT2D eigenvalue weighted by molar-refractivity contribution is 0.184. The number of thiazole rings is 1. The number of nitrogens with zero attached hydrogens (tertiary/aromatic N) is 2. The fourth-order valence-corrected chi connectivity index (χ4v) is 3.85. The molecule has 3 nitrogen and oxygen atoms in total. The molecule has 2 heterocycles. The molecular weight excluding hydrogens is 242 g/mol. The van der Waals surface area contributed by atoms with Gasteiger partial charge in [0, 0.05) is 23.0 Å². The van der Waals surface area contributed by atoms with Crippen LogP contribution in [-0.4, -0.2) is 35.1 Å². The standard InChI is InChI=1S/C14H23N3S/c1-10-14(18-9-15-10)11(2)16-12-5-7-17(8-6-12)13-3-4-13/h9,11-13,16H,3-8H2,1-2H3. The van der Waals surface area contributed by atoms with Crippen LogP contribution in [0.4, 0.5) is 0 Å². The van der Waals surface area contributed by atoms with Crippen molar-refractivity contribution >= 4 is 11.3 Å². The van der Waals surface area contributed by atoms with Crippen LogP contribution in [0, 0.1) is 6.92 Å². The zero-order valence-electron chi connectivity index (χ0n) is 11.4. The van der Waals surface area contributed by atoms with Gasteiger partial charge >= 0.3 is 0 Å². The molecule has 0 aromatic carbocycles. The second kappa shape index (κ2) is 5.27. The monoisotopic (exact) mass is 265 g/mol. The number of rotatable bonds is 4. The van der Waals surface area contributed by atoms with Crippen molar-refractivity contribution in [3.8, 4) is 0 Å². The lowest BCUT2D eigenvalue weighted by atomic mass is 10.0. The van der Waals surface area contributed by atoms with Crippen molar-refractivity contribution in [1.82, 2.24) is 15.2 Å². The highest BCUT2D eigenvalue weighted by molar-refractivity contribution is 7.09. The Morgan fingerprint density at radius 1 is 1.33 bits per heavy atom. The van der Waals surface area contributed by atoms with E-state index in [2.05, 4.69) is 29.0 Å². The van der Waals surface area contributed by atoms with Gasteiger partial charge in [-0.3, -0.25) is 0 Å². The molecule has 18 heavy (non-hydrogen) atoms. The van der Waals surface area contributed by atoms with Gasteiger partial charge in [0.05, 0.1) is 11.2 Å². The third-order valence-corrected chi connectivity index (χ3v) is 5.37. The average Bonchev–Trinajstić information content (AvgIpc) is 3.12. The van der Waals surface area contributed by atoms with E-state index >= 15 is 0 Å². The summed E-state index contributed by atoms with van der Waals surface area (Å²) in [4.78, 5) is 8.43. The number of hydrogen-bond acceptors (Lipinski definition) is 4. The van der Waals surface area contributed by atoms with E-state index in [0.717, 1.165) is 6.04 Å². The van der Waals surface area contributed by atoms with Crippen molar-refractivity contribution in [2.75, 3.05) is 13.1 Å². The van der Waals surface area contributed by atoms with Crippen LogP contribution in [0.25, 0.3) is 0 Å². The van der Waals surface area contributed by atoms with Crippen molar-refractivity contribution in [1.29, 1.82) is 0 Å². The molecule has 1 aliphatic heterocycles. The molecule has 100 valence electrons. The Kier molecular flexibility index (Phi) is 3.68. The summed E-state index contributed by atoms with van der Waals surface area (Å²) < 4.78 is 0. The van der Waals surface area contributed by atoms with E-state index in [-0.39, 0.29) is 0 Å². The third kappa shape index (κ3) is 2.76. The van der Waals surface area contributed by atoms with Crippen LogP contribution < -0.4 is 5.32 Å². The molecule has 1 unspecified atom stereocenters. The Labute approximate surface area is 114 Å². The van der Waals surface area contributed by atoms with Crippen molar-refractivity contribution in [2.24, 2.45) is 0 Å². The quantitative estimate of drug-likeness (QED) is 0.907. The minimum Gasteiger partial charge on any atom is -0.307 e. The van der Waals surface area contributed by atoms with Crippen molar-refractivity contribution in [3.05, 3.63) is 16.1 Å². The second-order valence-corrected chi connectivity index (χ2v) is 6.62. The molecule has 0 amide bonds. The largest absolute Gasteiger partial charge is 0.307 e. The van der Waals surface area contributed by atoms with E-state index in [4.69, 9.17) is 0 Å². The molecule has 2 fully saturated rings. The SMILES string of the molecule is Cc1ncsc1C(C)NC1CCN(C2CC2)CC1. The Balaban J connectivity index is 1.50. The first-order valence-corrected chi connectivity index (χ1v) is 8.02. The van der Waals surface area contributed by atoms with Crippen LogP contribution in [0.5, 0.6) is 0 Å². The summed E-state index contributed by atoms with van der Waals surface area (Å²) in [7, 11) is 0. The molecule has 2 aliphatic rings. The molecule has 1 aliphatic carbocycles. The smallest absolute Gasteiger partial charge is 0.0798 e. The highest BCUT2D eigenvalue weighted by Crippen LogP contribution is 2.30. The van der Waals surface area contributed by atoms with Crippen molar-refractivity contribution in [3.63, 3.8) is 0 Å². The van der Waals surface area contributed by atoms with Gasteiger partial charge in [-0.15, -0.1) is 11.3 Å². The third-order valence-electron chi connectivity index (χ3n) is 4.25. The zero-order chi connectivity index (χ0) is 12.5. The summed E-state index contributed by atoms with van der Waals surface area (Å²) >= 11 is 1.78. The molecule has 0 bridgehead atoms. The van der Waals surface area contributed by atoms with E-state index in [1.54, 1.807) is 11.3 Å². The minimum absolute atomic E-state index is 0.454. The van der Waals surface area contributed by atoms with Crippen LogP contribution in [0.3, 0.4) is 0 Å². The maximum Gasteiger partial charge on any atom is 0.0798 e. The topological polar surface area (TPSA) is 28.2 Å². The molecule has 1 saturated heterocycles. The normalized spacial score (nSPS) is 24.3. The van der Waals surface area contributed by atoms with Crippen LogP contribution in [0.15, 0.2) is 5.51 Å². The van der Waals surface area contributed by atoms with Gasteiger partial charge in [0.1, 0.15) is 0 Å². The molecule has 1 aromatic rings. The van der Waals surface area contributed by atoms with E-state index in [1.807, 2.05) is 5.51 Å². The van der Waals surface area contributed by atoms with E-state index < -0.39 is 0 Å². The Bertz CT molecular complexity index is 391. The van der Waals surface area contributed by atoms with Gasteiger partial charge in [0.25, 0.3) is 0 Å². The summed E-state index contributed by atoms with van der Waals surface area (Å²) in [5.41, 5.74) is 3.15. The van der Waals surface area contributed by atoms with E-state index in [0.29, 0.717) is 12.1 Å². The number of likely N-dealkylation sites (tertiary alicyclic amines) is 1. The zero-order valence-corrected chi connectivity index (χ0v) is 12.2. The maximum atomic E-state index is 4.34. The Hall–Kier alpha value is -0.450. The van der Waals surface area contributed by atoms with Gasteiger partial charge in [0.15, 0.2) is 0 Å². The van der Waals surface area contributed by atoms with Crippen LogP contribution >= 0.6 is 11.3 Å². The first kappa shape index (κ1) is 12.6. The number of aromatic nitrogens is 1. The molecule has 0 spiro atoms. The molecule has 4 heteroatoms. The lowest BCUT2D eigenvalue weighted by Crippen LogP contribution is -2.43. The van der Waals surface area contributed by atoms with E-state index in [9.17, 15) is 0 Å². The van der Waals surface area contributed by atoms with Crippen LogP contribution in [0.2, 0.25) is 0 Å². The summed E-state index contributed by atoms with van der Waals surface area (Å²) in [6.07, 6.45) is 5.49. The Morgan fingerprint density at radius 3 is 2.61 bits per heavy atom. The molecular formula is C14H23N3S. The summed E-state index contributed by atoms with van der Waals surface area (Å²) in [5, 5.41) is 3.79. The predicted molar refractivity (Wildman–Crippen MR) is 76.0 cm³/mol. The second-order valence-electron chi connectivity index (χ2n) is 5.73. The van der Waals surface area contributed by atoms with Gasteiger partial charge in [0.2, 0.25) is 0 Å². The van der Waals surface area contributed by atoms with Gasteiger partial charge < -0.3 is 10.2 Å². The first-order valence-electron chi connectivity index (χ1n) is 7.14. The molecule has 1 N–H and O–H groups in total. The summed E-state index contributed by atoms with van der Waals surface area (Å²) in [5.74, 6) is 0. The van der Waals surface area contributed by atoms with E-state index in [1.165, 1.54) is 49.3 Å². The average molecular weight is 265 g/mol. The van der Waals surface area contributed by atoms with Gasteiger partial charge in [-0.1, -0.05) is 0 Å². The number of aryl methyl sites for hydroxylation is 1. The lowest BCUT2D eigenvalue weighted by Gasteiger charge is -2.33. The predicted octanol–water partition coefficient (Wildman–Crippen LogP) is 2.73. The fourth-order valence-electron chi connectivity index (χ4n) is 3.03. The highest BCUT2D eigenvalue weighted by Gasteiger charge is 2.32. The molecule has 1 saturated carbocycles. The highest BCUT2D eigenvalue weighted by atomic mass is 32.1. The summed E-state index contributed by atoms with van der Waals surface area (Å²) in [6.45, 7) is 6.96. The van der Waals surface area contributed by atoms with Gasteiger partial charge in [-0.25, -0.2) is 4.98 Å². The molecule has 3 rings (SSSR count). The minimum atomic E-state index is 0.454. The number of piperidine rings is 1. The number of hydrogen-bond donors (Lipinski definition) is 1. The van der Waals surface area contributed by atoms with Gasteiger partial charge in [-0.05, 0) is 52.6 Å².